The Morgan fingerprint density at radius 3 is 2.69 bits per heavy atom. The summed E-state index contributed by atoms with van der Waals surface area (Å²) in [6.07, 6.45) is 0. The maximum atomic E-state index is 8.72. The van der Waals surface area contributed by atoms with E-state index in [1.165, 1.54) is 0 Å². The molecule has 3 N–H and O–H groups in total. The van der Waals surface area contributed by atoms with Crippen molar-refractivity contribution in [1.82, 2.24) is 4.90 Å². The molecule has 0 aliphatic carbocycles. The zero-order valence-electron chi connectivity index (χ0n) is 9.99. The van der Waals surface area contributed by atoms with Crippen LogP contribution >= 0.6 is 0 Å². The maximum Gasteiger partial charge on any atom is 0.0992 e. The van der Waals surface area contributed by atoms with Gasteiger partial charge < -0.3 is 16.0 Å². The van der Waals surface area contributed by atoms with Crippen LogP contribution in [0.15, 0.2) is 18.2 Å². The van der Waals surface area contributed by atoms with Crippen molar-refractivity contribution in [2.75, 3.05) is 31.7 Å². The first-order valence-electron chi connectivity index (χ1n) is 5.24. The molecule has 1 atom stereocenters. The fourth-order valence-corrected chi connectivity index (χ4v) is 1.62. The fraction of sp³-hybridized carbons (Fsp3) is 0.417. The van der Waals surface area contributed by atoms with Crippen LogP contribution in [0.5, 0.6) is 0 Å². The minimum Gasteiger partial charge on any atom is -0.397 e. The number of likely N-dealkylation sites (N-methyl/N-ethyl adjacent to an activating group) is 1. The largest absolute Gasteiger partial charge is 0.397 e. The molecule has 0 fully saturated rings. The number of nitrogen functional groups attached to an aromatic ring is 1. The lowest BCUT2D eigenvalue weighted by Gasteiger charge is -2.20. The predicted octanol–water partition coefficient (Wildman–Crippen LogP) is 1.50. The highest BCUT2D eigenvalue weighted by Gasteiger charge is 2.06. The summed E-state index contributed by atoms with van der Waals surface area (Å²) in [4.78, 5) is 2.11. The Bertz CT molecular complexity index is 392. The van der Waals surface area contributed by atoms with Crippen molar-refractivity contribution in [2.24, 2.45) is 0 Å². The summed E-state index contributed by atoms with van der Waals surface area (Å²) in [5.74, 6) is 0. The van der Waals surface area contributed by atoms with Crippen LogP contribution in [0.1, 0.15) is 12.5 Å². The minimum atomic E-state index is 0.310. The van der Waals surface area contributed by atoms with Crippen LogP contribution in [0, 0.1) is 11.3 Å². The quantitative estimate of drug-likeness (QED) is 0.752. The summed E-state index contributed by atoms with van der Waals surface area (Å²) in [5, 5.41) is 12.0. The van der Waals surface area contributed by atoms with E-state index in [-0.39, 0.29) is 0 Å². The van der Waals surface area contributed by atoms with Gasteiger partial charge in [-0.05, 0) is 39.2 Å². The highest BCUT2D eigenvalue weighted by molar-refractivity contribution is 5.68. The van der Waals surface area contributed by atoms with Crippen LogP contribution < -0.4 is 11.1 Å². The molecule has 0 bridgehead atoms. The minimum absolute atomic E-state index is 0.310. The predicted molar refractivity (Wildman–Crippen MR) is 67.2 cm³/mol. The average molecular weight is 218 g/mol. The van der Waals surface area contributed by atoms with Crippen LogP contribution in [0.3, 0.4) is 0 Å². The van der Waals surface area contributed by atoms with Gasteiger partial charge in [0.25, 0.3) is 0 Å². The number of hydrogen-bond acceptors (Lipinski definition) is 4. The van der Waals surface area contributed by atoms with Crippen molar-refractivity contribution in [3.05, 3.63) is 23.8 Å². The van der Waals surface area contributed by atoms with Gasteiger partial charge in [0.05, 0.1) is 23.0 Å². The van der Waals surface area contributed by atoms with E-state index in [0.717, 1.165) is 12.2 Å². The Balaban J connectivity index is 2.71. The summed E-state index contributed by atoms with van der Waals surface area (Å²) in [6.45, 7) is 3.02. The maximum absolute atomic E-state index is 8.72. The molecule has 4 nitrogen and oxygen atoms in total. The van der Waals surface area contributed by atoms with Gasteiger partial charge >= 0.3 is 0 Å². The zero-order valence-corrected chi connectivity index (χ0v) is 9.99. The fourth-order valence-electron chi connectivity index (χ4n) is 1.62. The Labute approximate surface area is 96.7 Å². The molecule has 0 amide bonds. The third kappa shape index (κ3) is 3.44. The molecule has 1 aromatic carbocycles. The normalized spacial score (nSPS) is 12.2. The van der Waals surface area contributed by atoms with Gasteiger partial charge in [0.2, 0.25) is 0 Å². The number of anilines is 2. The lowest BCUT2D eigenvalue weighted by atomic mass is 10.1. The number of hydrogen-bond donors (Lipinski definition) is 2. The van der Waals surface area contributed by atoms with E-state index >= 15 is 0 Å². The van der Waals surface area contributed by atoms with Crippen LogP contribution in [0.4, 0.5) is 11.4 Å². The van der Waals surface area contributed by atoms with Gasteiger partial charge in [-0.3, -0.25) is 0 Å². The molecule has 0 saturated carbocycles. The van der Waals surface area contributed by atoms with Crippen molar-refractivity contribution in [1.29, 1.82) is 5.26 Å². The topological polar surface area (TPSA) is 65.1 Å². The van der Waals surface area contributed by atoms with Gasteiger partial charge in [-0.25, -0.2) is 0 Å². The molecule has 86 valence electrons. The Hall–Kier alpha value is -1.73. The molecular formula is C12H18N4. The molecule has 0 heterocycles. The summed E-state index contributed by atoms with van der Waals surface area (Å²) in [5.41, 5.74) is 7.93. The molecule has 1 aromatic rings. The monoisotopic (exact) mass is 218 g/mol. The molecule has 1 rings (SSSR count). The first-order valence-corrected chi connectivity index (χ1v) is 5.24. The van der Waals surface area contributed by atoms with Gasteiger partial charge in [-0.1, -0.05) is 0 Å². The molecule has 4 heteroatoms. The number of nitrogens with zero attached hydrogens (tertiary/aromatic N) is 2. The smallest absolute Gasteiger partial charge is 0.0992 e. The lowest BCUT2D eigenvalue weighted by Crippen LogP contribution is -2.29. The van der Waals surface area contributed by atoms with Gasteiger partial charge in [-0.15, -0.1) is 0 Å². The Kier molecular flexibility index (Phi) is 4.15. The number of nitrogens with one attached hydrogen (secondary N) is 1. The van der Waals surface area contributed by atoms with Gasteiger partial charge in [0.1, 0.15) is 0 Å². The second-order valence-corrected chi connectivity index (χ2v) is 4.22. The van der Waals surface area contributed by atoms with E-state index in [0.29, 0.717) is 17.3 Å². The Morgan fingerprint density at radius 1 is 1.50 bits per heavy atom. The average Bonchev–Trinajstić information content (AvgIpc) is 2.19. The molecule has 0 radical (unpaired) electrons. The van der Waals surface area contributed by atoms with Crippen LogP contribution in [-0.2, 0) is 0 Å². The molecule has 0 saturated heterocycles. The van der Waals surface area contributed by atoms with Crippen molar-refractivity contribution in [3.8, 4) is 6.07 Å². The van der Waals surface area contributed by atoms with Gasteiger partial charge in [-0.2, -0.15) is 5.26 Å². The number of nitriles is 1. The van der Waals surface area contributed by atoms with Crippen LogP contribution in [-0.4, -0.2) is 31.6 Å². The SMILES string of the molecule is CC(CN(C)C)Nc1ccc(C#N)cc1N. The second kappa shape index (κ2) is 5.38. The second-order valence-electron chi connectivity index (χ2n) is 4.22. The molecule has 0 aliphatic rings. The number of nitrogens with two attached hydrogens (primary N) is 1. The first-order chi connectivity index (χ1) is 7.52. The number of benzene rings is 1. The van der Waals surface area contributed by atoms with Crippen molar-refractivity contribution in [3.63, 3.8) is 0 Å². The molecule has 0 spiro atoms. The first kappa shape index (κ1) is 12.3. The van der Waals surface area contributed by atoms with E-state index in [1.54, 1.807) is 12.1 Å². The van der Waals surface area contributed by atoms with E-state index < -0.39 is 0 Å². The summed E-state index contributed by atoms with van der Waals surface area (Å²) in [6, 6.07) is 7.67. The molecule has 1 unspecified atom stereocenters. The number of rotatable bonds is 4. The van der Waals surface area contributed by atoms with E-state index in [1.807, 2.05) is 20.2 Å². The lowest BCUT2D eigenvalue weighted by molar-refractivity contribution is 0.392. The molecule has 16 heavy (non-hydrogen) atoms. The zero-order chi connectivity index (χ0) is 12.1. The Morgan fingerprint density at radius 2 is 2.19 bits per heavy atom. The van der Waals surface area contributed by atoms with Crippen LogP contribution in [0.25, 0.3) is 0 Å². The van der Waals surface area contributed by atoms with Gasteiger partial charge in [0.15, 0.2) is 0 Å². The van der Waals surface area contributed by atoms with Gasteiger partial charge in [0, 0.05) is 12.6 Å². The van der Waals surface area contributed by atoms with E-state index in [9.17, 15) is 0 Å². The third-order valence-corrected chi connectivity index (χ3v) is 2.22. The summed E-state index contributed by atoms with van der Waals surface area (Å²) < 4.78 is 0. The molecule has 0 aliphatic heterocycles. The van der Waals surface area contributed by atoms with Crippen LogP contribution in [0.2, 0.25) is 0 Å². The van der Waals surface area contributed by atoms with E-state index in [4.69, 9.17) is 11.0 Å². The standard InChI is InChI=1S/C12H18N4/c1-9(8-16(2)3)15-12-5-4-10(7-13)6-11(12)14/h4-6,9,15H,8,14H2,1-3H3. The van der Waals surface area contributed by atoms with Crippen molar-refractivity contribution in [2.45, 2.75) is 13.0 Å². The van der Waals surface area contributed by atoms with E-state index in [2.05, 4.69) is 23.2 Å². The summed E-state index contributed by atoms with van der Waals surface area (Å²) >= 11 is 0. The highest BCUT2D eigenvalue weighted by Crippen LogP contribution is 2.20. The van der Waals surface area contributed by atoms with Crippen molar-refractivity contribution >= 4 is 11.4 Å². The highest BCUT2D eigenvalue weighted by atomic mass is 15.1. The molecular weight excluding hydrogens is 200 g/mol. The van der Waals surface area contributed by atoms with Crippen molar-refractivity contribution < 1.29 is 0 Å². The summed E-state index contributed by atoms with van der Waals surface area (Å²) in [7, 11) is 4.06. The molecule has 0 aromatic heterocycles. The third-order valence-electron chi connectivity index (χ3n) is 2.22.